The summed E-state index contributed by atoms with van der Waals surface area (Å²) in [6.45, 7) is 0.207. The van der Waals surface area contributed by atoms with Crippen molar-refractivity contribution in [2.45, 2.75) is 0 Å². The van der Waals surface area contributed by atoms with Crippen LogP contribution in [0, 0.1) is 0 Å². The fourth-order valence-corrected chi connectivity index (χ4v) is 1.92. The molecule has 3 aromatic rings. The number of carbonyl (C=O) groups excluding carboxylic acids is 1. The zero-order valence-electron chi connectivity index (χ0n) is 12.2. The third-order valence-corrected chi connectivity index (χ3v) is 3.06. The van der Waals surface area contributed by atoms with Gasteiger partial charge in [-0.1, -0.05) is 36.4 Å². The summed E-state index contributed by atoms with van der Waals surface area (Å²) in [4.78, 5) is 19.9. The Labute approximate surface area is 133 Å². The SMILES string of the molecule is O=C(OC/C=C/c1ccccc1)c1ccc(-n2cncn2)nc1. The van der Waals surface area contributed by atoms with Crippen molar-refractivity contribution >= 4 is 12.0 Å². The number of pyridine rings is 1. The van der Waals surface area contributed by atoms with Crippen LogP contribution in [0.2, 0.25) is 0 Å². The van der Waals surface area contributed by atoms with Crippen LogP contribution in [-0.4, -0.2) is 32.3 Å². The van der Waals surface area contributed by atoms with Gasteiger partial charge in [-0.2, -0.15) is 5.10 Å². The van der Waals surface area contributed by atoms with E-state index in [0.717, 1.165) is 5.56 Å². The summed E-state index contributed by atoms with van der Waals surface area (Å²) in [5.41, 5.74) is 1.45. The molecule has 6 heteroatoms. The van der Waals surface area contributed by atoms with Crippen molar-refractivity contribution in [3.8, 4) is 5.82 Å². The summed E-state index contributed by atoms with van der Waals surface area (Å²) in [6.07, 6.45) is 8.11. The van der Waals surface area contributed by atoms with E-state index in [0.29, 0.717) is 11.4 Å². The Morgan fingerprint density at radius 1 is 1.17 bits per heavy atom. The van der Waals surface area contributed by atoms with Crippen molar-refractivity contribution in [2.24, 2.45) is 0 Å². The largest absolute Gasteiger partial charge is 0.458 e. The van der Waals surface area contributed by atoms with Gasteiger partial charge in [0.2, 0.25) is 0 Å². The van der Waals surface area contributed by atoms with Crippen LogP contribution >= 0.6 is 0 Å². The smallest absolute Gasteiger partial charge is 0.340 e. The molecule has 2 heterocycles. The van der Waals surface area contributed by atoms with Gasteiger partial charge in [-0.3, -0.25) is 0 Å². The van der Waals surface area contributed by atoms with Crippen molar-refractivity contribution in [3.63, 3.8) is 0 Å². The molecule has 0 unspecified atom stereocenters. The quantitative estimate of drug-likeness (QED) is 0.677. The lowest BCUT2D eigenvalue weighted by Gasteiger charge is -2.03. The fraction of sp³-hybridized carbons (Fsp3) is 0.0588. The monoisotopic (exact) mass is 306 g/mol. The summed E-state index contributed by atoms with van der Waals surface area (Å²) in [7, 11) is 0. The molecule has 0 fully saturated rings. The number of benzene rings is 1. The second-order valence-corrected chi connectivity index (χ2v) is 4.66. The van der Waals surface area contributed by atoms with Gasteiger partial charge in [-0.05, 0) is 23.8 Å². The first kappa shape index (κ1) is 14.6. The van der Waals surface area contributed by atoms with Crippen LogP contribution in [0.3, 0.4) is 0 Å². The summed E-state index contributed by atoms with van der Waals surface area (Å²) in [5, 5.41) is 3.97. The van der Waals surface area contributed by atoms with Gasteiger partial charge in [0, 0.05) is 6.20 Å². The third-order valence-electron chi connectivity index (χ3n) is 3.06. The van der Waals surface area contributed by atoms with Crippen molar-refractivity contribution < 1.29 is 9.53 Å². The van der Waals surface area contributed by atoms with E-state index >= 15 is 0 Å². The molecule has 0 saturated carbocycles. The normalized spacial score (nSPS) is 10.8. The number of rotatable bonds is 5. The Balaban J connectivity index is 1.55. The van der Waals surface area contributed by atoms with Crippen LogP contribution in [0.4, 0.5) is 0 Å². The number of esters is 1. The molecular formula is C17H14N4O2. The number of aromatic nitrogens is 4. The van der Waals surface area contributed by atoms with Crippen LogP contribution < -0.4 is 0 Å². The van der Waals surface area contributed by atoms with Crippen molar-refractivity contribution in [1.29, 1.82) is 0 Å². The van der Waals surface area contributed by atoms with E-state index in [1.54, 1.807) is 18.2 Å². The molecule has 2 aromatic heterocycles. The van der Waals surface area contributed by atoms with Crippen molar-refractivity contribution in [2.75, 3.05) is 6.61 Å². The topological polar surface area (TPSA) is 69.9 Å². The van der Waals surface area contributed by atoms with Crippen LogP contribution in [-0.2, 0) is 4.74 Å². The van der Waals surface area contributed by atoms with Crippen LogP contribution in [0.15, 0.2) is 67.4 Å². The second-order valence-electron chi connectivity index (χ2n) is 4.66. The molecule has 0 N–H and O–H groups in total. The number of nitrogens with zero attached hydrogens (tertiary/aromatic N) is 4. The average Bonchev–Trinajstić information content (AvgIpc) is 3.14. The van der Waals surface area contributed by atoms with Gasteiger partial charge >= 0.3 is 5.97 Å². The first-order chi connectivity index (χ1) is 11.3. The molecule has 0 atom stereocenters. The Hall–Kier alpha value is -3.28. The van der Waals surface area contributed by atoms with Gasteiger partial charge < -0.3 is 4.74 Å². The highest BCUT2D eigenvalue weighted by Gasteiger charge is 2.07. The Bertz CT molecular complexity index is 781. The lowest BCUT2D eigenvalue weighted by Crippen LogP contribution is -2.07. The molecule has 0 spiro atoms. The Morgan fingerprint density at radius 2 is 2.04 bits per heavy atom. The van der Waals surface area contributed by atoms with Crippen LogP contribution in [0.25, 0.3) is 11.9 Å². The fourth-order valence-electron chi connectivity index (χ4n) is 1.92. The van der Waals surface area contributed by atoms with Gasteiger partial charge in [0.05, 0.1) is 5.56 Å². The van der Waals surface area contributed by atoms with Crippen LogP contribution in [0.1, 0.15) is 15.9 Å². The number of ether oxygens (including phenoxy) is 1. The molecule has 0 aliphatic rings. The lowest BCUT2D eigenvalue weighted by atomic mass is 10.2. The van der Waals surface area contributed by atoms with Gasteiger partial charge in [0.25, 0.3) is 0 Å². The van der Waals surface area contributed by atoms with Gasteiger partial charge in [-0.25, -0.2) is 19.4 Å². The minimum Gasteiger partial charge on any atom is -0.458 e. The maximum atomic E-state index is 11.9. The minimum absolute atomic E-state index is 0.207. The molecule has 0 bridgehead atoms. The Morgan fingerprint density at radius 3 is 2.74 bits per heavy atom. The van der Waals surface area contributed by atoms with E-state index in [1.165, 1.54) is 23.5 Å². The van der Waals surface area contributed by atoms with Gasteiger partial charge in [0.1, 0.15) is 19.3 Å². The van der Waals surface area contributed by atoms with E-state index in [4.69, 9.17) is 4.74 Å². The molecular weight excluding hydrogens is 292 g/mol. The van der Waals surface area contributed by atoms with Gasteiger partial charge in [0.15, 0.2) is 5.82 Å². The summed E-state index contributed by atoms with van der Waals surface area (Å²) >= 11 is 0. The first-order valence-corrected chi connectivity index (χ1v) is 7.03. The van der Waals surface area contributed by atoms with Crippen molar-refractivity contribution in [3.05, 3.63) is 78.5 Å². The molecule has 0 saturated heterocycles. The highest BCUT2D eigenvalue weighted by molar-refractivity contribution is 5.89. The highest BCUT2D eigenvalue weighted by atomic mass is 16.5. The molecule has 6 nitrogen and oxygen atoms in total. The maximum Gasteiger partial charge on any atom is 0.340 e. The van der Waals surface area contributed by atoms with E-state index in [9.17, 15) is 4.79 Å². The number of hydrogen-bond acceptors (Lipinski definition) is 5. The second kappa shape index (κ2) is 7.13. The molecule has 0 amide bonds. The van der Waals surface area contributed by atoms with Crippen molar-refractivity contribution in [1.82, 2.24) is 19.7 Å². The first-order valence-electron chi connectivity index (χ1n) is 7.03. The molecule has 114 valence electrons. The highest BCUT2D eigenvalue weighted by Crippen LogP contribution is 2.06. The lowest BCUT2D eigenvalue weighted by molar-refractivity contribution is 0.0549. The summed E-state index contributed by atoms with van der Waals surface area (Å²) in [5.74, 6) is 0.170. The summed E-state index contributed by atoms with van der Waals surface area (Å²) < 4.78 is 6.69. The molecule has 1 aromatic carbocycles. The molecule has 23 heavy (non-hydrogen) atoms. The minimum atomic E-state index is -0.416. The Kier molecular flexibility index (Phi) is 4.54. The average molecular weight is 306 g/mol. The van der Waals surface area contributed by atoms with E-state index in [-0.39, 0.29) is 6.61 Å². The molecule has 0 aliphatic heterocycles. The predicted octanol–water partition coefficient (Wildman–Crippen LogP) is 2.53. The molecule has 0 aliphatic carbocycles. The van der Waals surface area contributed by atoms with E-state index in [2.05, 4.69) is 15.1 Å². The molecule has 0 radical (unpaired) electrons. The zero-order valence-corrected chi connectivity index (χ0v) is 12.2. The summed E-state index contributed by atoms with van der Waals surface area (Å²) in [6, 6.07) is 13.1. The third kappa shape index (κ3) is 3.88. The standard InChI is InChI=1S/C17H14N4O2/c22-17(23-10-4-7-14-5-2-1-3-6-14)15-8-9-16(19-11-15)21-13-18-12-20-21/h1-9,11-13H,10H2/b7-4+. The molecule has 3 rings (SSSR count). The zero-order chi connectivity index (χ0) is 15.9. The number of hydrogen-bond donors (Lipinski definition) is 0. The predicted molar refractivity (Wildman–Crippen MR) is 84.9 cm³/mol. The van der Waals surface area contributed by atoms with Gasteiger partial charge in [-0.15, -0.1) is 0 Å². The number of carbonyl (C=O) groups is 1. The van der Waals surface area contributed by atoms with E-state index < -0.39 is 5.97 Å². The maximum absolute atomic E-state index is 11.9. The van der Waals surface area contributed by atoms with Crippen LogP contribution in [0.5, 0.6) is 0 Å². The van der Waals surface area contributed by atoms with E-state index in [1.807, 2.05) is 36.4 Å².